The Kier molecular flexibility index (Phi) is 2.18. The van der Waals surface area contributed by atoms with Crippen LogP contribution in [0.25, 0.3) is 32.3 Å². The molecule has 1 aliphatic heterocycles. The van der Waals surface area contributed by atoms with Gasteiger partial charge >= 0.3 is 0 Å². The molecule has 1 aliphatic carbocycles. The number of aliphatic hydroxyl groups excluding tert-OH is 2. The van der Waals surface area contributed by atoms with Crippen LogP contribution in [0.1, 0.15) is 22.5 Å². The van der Waals surface area contributed by atoms with Crippen LogP contribution in [0.15, 0.2) is 48.5 Å². The van der Waals surface area contributed by atoms with E-state index in [4.69, 9.17) is 0 Å². The number of fused-ring (bicyclic) bond motifs is 4. The van der Waals surface area contributed by atoms with Gasteiger partial charge in [-0.15, -0.1) is 11.8 Å². The minimum Gasteiger partial charge on any atom is -0.389 e. The fourth-order valence-electron chi connectivity index (χ4n) is 4.40. The summed E-state index contributed by atoms with van der Waals surface area (Å²) in [7, 11) is 0. The summed E-state index contributed by atoms with van der Waals surface area (Å²) in [5.41, 5.74) is 2.15. The van der Waals surface area contributed by atoms with Gasteiger partial charge in [-0.2, -0.15) is 0 Å². The highest BCUT2D eigenvalue weighted by Gasteiger charge is 2.53. The van der Waals surface area contributed by atoms with E-state index in [2.05, 4.69) is 48.5 Å². The van der Waals surface area contributed by atoms with Gasteiger partial charge in [0.2, 0.25) is 0 Å². The van der Waals surface area contributed by atoms with Crippen LogP contribution in [0.4, 0.5) is 0 Å². The Bertz CT molecular complexity index is 1090. The molecule has 0 saturated carbocycles. The molecule has 1 heterocycles. The van der Waals surface area contributed by atoms with Crippen molar-refractivity contribution < 1.29 is 10.2 Å². The summed E-state index contributed by atoms with van der Waals surface area (Å²) in [5.74, 6) is 0. The lowest BCUT2D eigenvalue weighted by Gasteiger charge is -2.27. The molecule has 23 heavy (non-hydrogen) atoms. The van der Waals surface area contributed by atoms with E-state index >= 15 is 0 Å². The van der Waals surface area contributed by atoms with Crippen molar-refractivity contribution in [2.24, 2.45) is 0 Å². The fraction of sp³-hybridized carbons (Fsp3) is 0.200. The fourth-order valence-corrected chi connectivity index (χ4v) is 5.65. The molecule has 2 unspecified atom stereocenters. The summed E-state index contributed by atoms with van der Waals surface area (Å²) < 4.78 is 0. The molecule has 1 saturated heterocycles. The summed E-state index contributed by atoms with van der Waals surface area (Å²) in [4.78, 5) is 0. The second-order valence-corrected chi connectivity index (χ2v) is 8.02. The van der Waals surface area contributed by atoms with Gasteiger partial charge in [-0.25, -0.2) is 0 Å². The largest absolute Gasteiger partial charge is 0.389 e. The van der Waals surface area contributed by atoms with E-state index in [9.17, 15) is 10.2 Å². The van der Waals surface area contributed by atoms with Gasteiger partial charge in [0, 0.05) is 5.25 Å². The van der Waals surface area contributed by atoms with Gasteiger partial charge in [0.05, 0.1) is 11.4 Å². The molecule has 112 valence electrons. The first-order chi connectivity index (χ1) is 11.2. The van der Waals surface area contributed by atoms with E-state index in [1.165, 1.54) is 32.5 Å². The van der Waals surface area contributed by atoms with Gasteiger partial charge in [-0.3, -0.25) is 0 Å². The summed E-state index contributed by atoms with van der Waals surface area (Å²) >= 11 is 1.77. The van der Waals surface area contributed by atoms with Crippen molar-refractivity contribution in [1.29, 1.82) is 0 Å². The van der Waals surface area contributed by atoms with Crippen molar-refractivity contribution in [3.05, 3.63) is 59.7 Å². The summed E-state index contributed by atoms with van der Waals surface area (Å²) in [6.45, 7) is 0. The Hall–Kier alpha value is -1.81. The normalized spacial score (nSPS) is 29.1. The molecule has 4 atom stereocenters. The molecule has 2 nitrogen and oxygen atoms in total. The van der Waals surface area contributed by atoms with Crippen LogP contribution in [0.3, 0.4) is 0 Å². The second-order valence-electron chi connectivity index (χ2n) is 6.69. The molecule has 2 N–H and O–H groups in total. The van der Waals surface area contributed by atoms with Crippen LogP contribution in [-0.2, 0) is 0 Å². The van der Waals surface area contributed by atoms with Crippen molar-refractivity contribution in [3.63, 3.8) is 0 Å². The van der Waals surface area contributed by atoms with Crippen LogP contribution < -0.4 is 0 Å². The molecular formula is C20H14O2S. The first kappa shape index (κ1) is 12.6. The molecule has 4 aromatic rings. The van der Waals surface area contributed by atoms with Gasteiger partial charge in [0.1, 0.15) is 6.10 Å². The predicted octanol–water partition coefficient (Wildman–Crippen LogP) is 4.15. The minimum atomic E-state index is -0.775. The Morgan fingerprint density at radius 1 is 0.826 bits per heavy atom. The SMILES string of the molecule is O[C@@H]1c2cc3ccc4cccc5ccc(c2C2SC2[C@H]1O)c3c45. The van der Waals surface area contributed by atoms with E-state index in [1.807, 2.05) is 0 Å². The molecule has 0 aromatic heterocycles. The number of thioether (sulfide) groups is 1. The van der Waals surface area contributed by atoms with E-state index < -0.39 is 12.2 Å². The van der Waals surface area contributed by atoms with Crippen molar-refractivity contribution >= 4 is 44.1 Å². The van der Waals surface area contributed by atoms with Gasteiger partial charge in [-0.05, 0) is 49.5 Å². The van der Waals surface area contributed by atoms with Gasteiger partial charge in [0.25, 0.3) is 0 Å². The van der Waals surface area contributed by atoms with Crippen molar-refractivity contribution in [1.82, 2.24) is 0 Å². The number of hydrogen-bond donors (Lipinski definition) is 2. The molecule has 2 aliphatic rings. The van der Waals surface area contributed by atoms with Gasteiger partial charge in [0.15, 0.2) is 0 Å². The number of benzene rings is 4. The first-order valence-electron chi connectivity index (χ1n) is 7.96. The third-order valence-electron chi connectivity index (χ3n) is 5.51. The van der Waals surface area contributed by atoms with Crippen LogP contribution in [0, 0.1) is 0 Å². The maximum Gasteiger partial charge on any atom is 0.106 e. The summed E-state index contributed by atoms with van der Waals surface area (Å²) in [6.07, 6.45) is -1.42. The highest BCUT2D eigenvalue weighted by molar-refractivity contribution is 8.07. The molecule has 0 radical (unpaired) electrons. The van der Waals surface area contributed by atoms with Gasteiger partial charge in [-0.1, -0.05) is 42.5 Å². The molecule has 6 rings (SSSR count). The lowest BCUT2D eigenvalue weighted by Crippen LogP contribution is -2.28. The molecule has 0 spiro atoms. The maximum absolute atomic E-state index is 10.5. The van der Waals surface area contributed by atoms with E-state index in [1.54, 1.807) is 11.8 Å². The Balaban J connectivity index is 1.86. The molecule has 3 heteroatoms. The highest BCUT2D eigenvalue weighted by atomic mass is 32.2. The van der Waals surface area contributed by atoms with E-state index in [-0.39, 0.29) is 5.25 Å². The molecule has 0 bridgehead atoms. The zero-order chi connectivity index (χ0) is 15.3. The minimum absolute atomic E-state index is 0.149. The van der Waals surface area contributed by atoms with Crippen LogP contribution >= 0.6 is 11.8 Å². The standard InChI is InChI=1S/C20H14O2S/c21-17-13-8-11-5-4-9-2-1-3-10-6-7-12(15(11)14(9)10)16(13)19-20(23-19)18(17)22/h1-8,17-22H/t17-,18+,19?,20?/m1/s1. The Morgan fingerprint density at radius 3 is 2.39 bits per heavy atom. The molecular weight excluding hydrogens is 304 g/mol. The number of rotatable bonds is 0. The topological polar surface area (TPSA) is 40.5 Å². The lowest BCUT2D eigenvalue weighted by atomic mass is 9.81. The van der Waals surface area contributed by atoms with Crippen molar-refractivity contribution in [2.75, 3.05) is 0 Å². The van der Waals surface area contributed by atoms with Crippen molar-refractivity contribution in [2.45, 2.75) is 22.7 Å². The average molecular weight is 318 g/mol. The molecule has 4 aromatic carbocycles. The second kappa shape index (κ2) is 3.99. The third-order valence-corrected chi connectivity index (χ3v) is 6.88. The van der Waals surface area contributed by atoms with E-state index in [0.29, 0.717) is 5.25 Å². The van der Waals surface area contributed by atoms with Crippen LogP contribution in [-0.4, -0.2) is 21.6 Å². The Morgan fingerprint density at radius 2 is 1.57 bits per heavy atom. The predicted molar refractivity (Wildman–Crippen MR) is 95.2 cm³/mol. The summed E-state index contributed by atoms with van der Waals surface area (Å²) in [6, 6.07) is 17.2. The number of hydrogen-bond acceptors (Lipinski definition) is 3. The Labute approximate surface area is 137 Å². The summed E-state index contributed by atoms with van der Waals surface area (Å²) in [5, 5.41) is 28.8. The third kappa shape index (κ3) is 1.44. The monoisotopic (exact) mass is 318 g/mol. The van der Waals surface area contributed by atoms with Gasteiger partial charge < -0.3 is 10.2 Å². The van der Waals surface area contributed by atoms with Crippen molar-refractivity contribution in [3.8, 4) is 0 Å². The average Bonchev–Trinajstić information content (AvgIpc) is 3.37. The molecule has 0 amide bonds. The highest BCUT2D eigenvalue weighted by Crippen LogP contribution is 2.64. The quantitative estimate of drug-likeness (QED) is 0.378. The zero-order valence-electron chi connectivity index (χ0n) is 12.2. The van der Waals surface area contributed by atoms with Crippen LogP contribution in [0.5, 0.6) is 0 Å². The smallest absolute Gasteiger partial charge is 0.106 e. The molecule has 1 fully saturated rings. The zero-order valence-corrected chi connectivity index (χ0v) is 13.0. The first-order valence-corrected chi connectivity index (χ1v) is 8.90. The van der Waals surface area contributed by atoms with E-state index in [0.717, 1.165) is 10.9 Å². The lowest BCUT2D eigenvalue weighted by molar-refractivity contribution is 0.0163. The number of aliphatic hydroxyl groups is 2. The maximum atomic E-state index is 10.5. The van der Waals surface area contributed by atoms with Crippen LogP contribution in [0.2, 0.25) is 0 Å².